The lowest BCUT2D eigenvalue weighted by Gasteiger charge is -2.31. The molecular formula is C26H26FN5O3. The first kappa shape index (κ1) is 22.8. The molecule has 0 aliphatic heterocycles. The normalized spacial score (nSPS) is 14.8. The van der Waals surface area contributed by atoms with E-state index >= 15 is 0 Å². The number of carbonyl (C=O) groups excluding carboxylic acids is 2. The van der Waals surface area contributed by atoms with Gasteiger partial charge in [0.1, 0.15) is 29.4 Å². The molecule has 0 saturated heterocycles. The molecule has 2 aromatic heterocycles. The molecule has 0 unspecified atom stereocenters. The van der Waals surface area contributed by atoms with Gasteiger partial charge in [-0.1, -0.05) is 36.3 Å². The molecule has 1 fully saturated rings. The zero-order chi connectivity index (χ0) is 24.4. The molecule has 1 saturated carbocycles. The molecule has 9 heteroatoms. The van der Waals surface area contributed by atoms with Gasteiger partial charge in [-0.3, -0.25) is 14.5 Å². The van der Waals surface area contributed by atoms with Crippen LogP contribution >= 0.6 is 0 Å². The highest BCUT2D eigenvalue weighted by Gasteiger charge is 2.37. The van der Waals surface area contributed by atoms with Crippen molar-refractivity contribution in [3.63, 3.8) is 0 Å². The lowest BCUT2D eigenvalue weighted by molar-refractivity contribution is -0.127. The molecule has 8 nitrogen and oxygen atoms in total. The Morgan fingerprint density at radius 2 is 1.94 bits per heavy atom. The molecule has 1 atom stereocenters. The van der Waals surface area contributed by atoms with Crippen LogP contribution in [0.15, 0.2) is 65.1 Å². The molecule has 4 aromatic rings. The lowest BCUT2D eigenvalue weighted by atomic mass is 10.1. The Labute approximate surface area is 201 Å². The minimum atomic E-state index is -1.12. The molecule has 0 radical (unpaired) electrons. The molecule has 1 aliphatic carbocycles. The number of nitrogens with zero attached hydrogens (tertiary/aromatic N) is 4. The van der Waals surface area contributed by atoms with Crippen LogP contribution in [0.3, 0.4) is 0 Å². The molecule has 2 aromatic carbocycles. The summed E-state index contributed by atoms with van der Waals surface area (Å²) >= 11 is 0. The van der Waals surface area contributed by atoms with Gasteiger partial charge in [-0.15, -0.1) is 5.10 Å². The molecule has 180 valence electrons. The molecule has 1 N–H and O–H groups in total. The summed E-state index contributed by atoms with van der Waals surface area (Å²) in [6, 6.07) is 15.3. The second kappa shape index (κ2) is 9.69. The zero-order valence-corrected chi connectivity index (χ0v) is 19.4. The third kappa shape index (κ3) is 4.80. The number of nitrogens with one attached hydrogen (secondary N) is 1. The number of aryl methyl sites for hydroxylation is 1. The minimum absolute atomic E-state index is 0.0322. The number of halogens is 1. The number of anilines is 1. The van der Waals surface area contributed by atoms with Gasteiger partial charge in [-0.05, 0) is 62.2 Å². The Morgan fingerprint density at radius 3 is 2.69 bits per heavy atom. The first-order valence-electron chi connectivity index (χ1n) is 11.7. The predicted octanol–water partition coefficient (Wildman–Crippen LogP) is 4.31. The molecule has 1 aliphatic rings. The van der Waals surface area contributed by atoms with E-state index in [0.717, 1.165) is 25.7 Å². The maximum atomic E-state index is 14.3. The van der Waals surface area contributed by atoms with E-state index in [0.29, 0.717) is 22.6 Å². The van der Waals surface area contributed by atoms with Gasteiger partial charge in [0.05, 0.1) is 5.52 Å². The summed E-state index contributed by atoms with van der Waals surface area (Å²) in [6.07, 6.45) is 3.85. The largest absolute Gasteiger partial charge is 0.464 e. The molecule has 0 bridgehead atoms. The third-order valence-electron chi connectivity index (χ3n) is 6.30. The summed E-state index contributed by atoms with van der Waals surface area (Å²) in [5.74, 6) is -0.428. The van der Waals surface area contributed by atoms with Crippen LogP contribution in [0.5, 0.6) is 0 Å². The molecule has 35 heavy (non-hydrogen) atoms. The average Bonchev–Trinajstić information content (AvgIpc) is 3.59. The van der Waals surface area contributed by atoms with Crippen molar-refractivity contribution in [2.75, 3.05) is 4.90 Å². The van der Waals surface area contributed by atoms with Gasteiger partial charge in [0.2, 0.25) is 5.91 Å². The van der Waals surface area contributed by atoms with Crippen molar-refractivity contribution in [3.05, 3.63) is 78.0 Å². The van der Waals surface area contributed by atoms with E-state index in [1.54, 1.807) is 31.2 Å². The fourth-order valence-corrected chi connectivity index (χ4v) is 4.63. The second-order valence-corrected chi connectivity index (χ2v) is 8.82. The van der Waals surface area contributed by atoms with Crippen LogP contribution in [0.1, 0.15) is 43.2 Å². The zero-order valence-electron chi connectivity index (χ0n) is 19.4. The van der Waals surface area contributed by atoms with Crippen LogP contribution < -0.4 is 10.2 Å². The van der Waals surface area contributed by atoms with Crippen LogP contribution in [-0.4, -0.2) is 32.9 Å². The van der Waals surface area contributed by atoms with Crippen LogP contribution in [-0.2, 0) is 16.1 Å². The number of aromatic nitrogens is 3. The molecule has 5 rings (SSSR count). The summed E-state index contributed by atoms with van der Waals surface area (Å²) < 4.78 is 21.6. The van der Waals surface area contributed by atoms with Crippen LogP contribution in [0, 0.1) is 12.7 Å². The van der Waals surface area contributed by atoms with Crippen LogP contribution in [0.25, 0.3) is 11.0 Å². The SMILES string of the molecule is Cc1ccc([C@@H](C(=O)NC2CCCC2)N(C(=O)Cn2nnc3ccccc32)c2cccc(F)c2)o1. The highest BCUT2D eigenvalue weighted by molar-refractivity contribution is 6.01. The molecule has 2 amide bonds. The van der Waals surface area contributed by atoms with Crippen molar-refractivity contribution in [3.8, 4) is 0 Å². The van der Waals surface area contributed by atoms with Gasteiger partial charge in [0.25, 0.3) is 5.91 Å². The Bertz CT molecular complexity index is 1360. The average molecular weight is 476 g/mol. The number of rotatable bonds is 7. The first-order chi connectivity index (χ1) is 17.0. The van der Waals surface area contributed by atoms with E-state index in [9.17, 15) is 14.0 Å². The highest BCUT2D eigenvalue weighted by atomic mass is 19.1. The van der Waals surface area contributed by atoms with E-state index < -0.39 is 17.8 Å². The summed E-state index contributed by atoms with van der Waals surface area (Å²) in [4.78, 5) is 28.8. The molecular weight excluding hydrogens is 449 g/mol. The van der Waals surface area contributed by atoms with Gasteiger partial charge in [-0.2, -0.15) is 0 Å². The number of benzene rings is 2. The first-order valence-corrected chi connectivity index (χ1v) is 11.7. The number of fused-ring (bicyclic) bond motifs is 1. The fraction of sp³-hybridized carbons (Fsp3) is 0.308. The van der Waals surface area contributed by atoms with Crippen LogP contribution in [0.4, 0.5) is 10.1 Å². The van der Waals surface area contributed by atoms with Crippen molar-refractivity contribution >= 4 is 28.5 Å². The number of hydrogen-bond acceptors (Lipinski definition) is 5. The summed E-state index contributed by atoms with van der Waals surface area (Å²) in [6.45, 7) is 1.58. The summed E-state index contributed by atoms with van der Waals surface area (Å²) in [5, 5.41) is 11.3. The highest BCUT2D eigenvalue weighted by Crippen LogP contribution is 2.31. The number of carbonyl (C=O) groups is 2. The summed E-state index contributed by atoms with van der Waals surface area (Å²) in [5.41, 5.74) is 1.58. The number of hydrogen-bond donors (Lipinski definition) is 1. The van der Waals surface area contributed by atoms with Gasteiger partial charge < -0.3 is 9.73 Å². The van der Waals surface area contributed by atoms with E-state index in [-0.39, 0.29) is 24.2 Å². The molecule has 0 spiro atoms. The maximum Gasteiger partial charge on any atom is 0.251 e. The Hall–Kier alpha value is -4.01. The van der Waals surface area contributed by atoms with E-state index in [2.05, 4.69) is 15.6 Å². The maximum absolute atomic E-state index is 14.3. The third-order valence-corrected chi connectivity index (χ3v) is 6.30. The van der Waals surface area contributed by atoms with E-state index in [1.165, 1.54) is 27.8 Å². The number of para-hydroxylation sites is 1. The van der Waals surface area contributed by atoms with Crippen molar-refractivity contribution in [1.29, 1.82) is 0 Å². The standard InChI is InChI=1S/C26H26FN5O3/c1-17-13-14-23(35-17)25(26(34)28-19-8-2-3-9-19)32(20-10-6-7-18(27)15-20)24(33)16-31-22-12-5-4-11-21(22)29-30-31/h4-7,10-15,19,25H,2-3,8-9,16H2,1H3,(H,28,34)/t25-/m0/s1. The smallest absolute Gasteiger partial charge is 0.251 e. The number of amides is 2. The van der Waals surface area contributed by atoms with Gasteiger partial charge in [0.15, 0.2) is 6.04 Å². The Balaban J connectivity index is 1.56. The Kier molecular flexibility index (Phi) is 6.31. The quantitative estimate of drug-likeness (QED) is 0.430. The predicted molar refractivity (Wildman–Crippen MR) is 128 cm³/mol. The van der Waals surface area contributed by atoms with Gasteiger partial charge in [-0.25, -0.2) is 9.07 Å². The molecule has 2 heterocycles. The van der Waals surface area contributed by atoms with Crippen molar-refractivity contribution in [1.82, 2.24) is 20.3 Å². The minimum Gasteiger partial charge on any atom is -0.464 e. The van der Waals surface area contributed by atoms with E-state index in [1.807, 2.05) is 18.2 Å². The van der Waals surface area contributed by atoms with Crippen molar-refractivity contribution < 1.29 is 18.4 Å². The van der Waals surface area contributed by atoms with Crippen molar-refractivity contribution in [2.24, 2.45) is 0 Å². The van der Waals surface area contributed by atoms with E-state index in [4.69, 9.17) is 4.42 Å². The van der Waals surface area contributed by atoms with Gasteiger partial charge >= 0.3 is 0 Å². The Morgan fingerprint density at radius 1 is 1.14 bits per heavy atom. The number of furan rings is 1. The lowest BCUT2D eigenvalue weighted by Crippen LogP contribution is -2.47. The summed E-state index contributed by atoms with van der Waals surface area (Å²) in [7, 11) is 0. The second-order valence-electron chi connectivity index (χ2n) is 8.82. The van der Waals surface area contributed by atoms with Crippen molar-refractivity contribution in [2.45, 2.75) is 51.2 Å². The topological polar surface area (TPSA) is 93.3 Å². The van der Waals surface area contributed by atoms with Gasteiger partial charge in [0, 0.05) is 11.7 Å². The van der Waals surface area contributed by atoms with Crippen LogP contribution in [0.2, 0.25) is 0 Å². The monoisotopic (exact) mass is 475 g/mol. The fourth-order valence-electron chi connectivity index (χ4n) is 4.63.